The molecule has 0 aliphatic heterocycles. The minimum absolute atomic E-state index is 0.0364. The highest BCUT2D eigenvalue weighted by molar-refractivity contribution is 5.77. The van der Waals surface area contributed by atoms with Gasteiger partial charge in [-0.3, -0.25) is 19.7 Å². The number of anilines is 1. The van der Waals surface area contributed by atoms with Crippen molar-refractivity contribution >= 4 is 23.3 Å². The van der Waals surface area contributed by atoms with Crippen molar-refractivity contribution in [2.45, 2.75) is 25.9 Å². The van der Waals surface area contributed by atoms with Crippen molar-refractivity contribution in [3.63, 3.8) is 0 Å². The zero-order chi connectivity index (χ0) is 19.9. The lowest BCUT2D eigenvalue weighted by atomic mass is 10.1. The van der Waals surface area contributed by atoms with Crippen molar-refractivity contribution in [3.8, 4) is 0 Å². The SMILES string of the molecule is CC(CNC(=O)CCNc1ccc(C(F)(F)F)cc1[N+](=O)[O-])CC(=O)O. The van der Waals surface area contributed by atoms with Gasteiger partial charge in [-0.05, 0) is 18.1 Å². The number of aliphatic carboxylic acids is 1. The number of hydrogen-bond donors (Lipinski definition) is 3. The zero-order valence-electron chi connectivity index (χ0n) is 13.8. The molecule has 0 heterocycles. The predicted octanol–water partition coefficient (Wildman–Crippen LogP) is 2.64. The number of benzene rings is 1. The summed E-state index contributed by atoms with van der Waals surface area (Å²) < 4.78 is 37.9. The van der Waals surface area contributed by atoms with Crippen molar-refractivity contribution in [2.75, 3.05) is 18.4 Å². The summed E-state index contributed by atoms with van der Waals surface area (Å²) >= 11 is 0. The Balaban J connectivity index is 2.58. The van der Waals surface area contributed by atoms with Crippen LogP contribution in [-0.4, -0.2) is 35.0 Å². The predicted molar refractivity (Wildman–Crippen MR) is 85.6 cm³/mol. The van der Waals surface area contributed by atoms with Gasteiger partial charge < -0.3 is 15.7 Å². The van der Waals surface area contributed by atoms with Crippen molar-refractivity contribution < 1.29 is 32.8 Å². The zero-order valence-corrected chi connectivity index (χ0v) is 13.8. The third-order valence-electron chi connectivity index (χ3n) is 3.36. The molecule has 0 aliphatic carbocycles. The quantitative estimate of drug-likeness (QED) is 0.449. The van der Waals surface area contributed by atoms with Crippen LogP contribution in [0.4, 0.5) is 24.5 Å². The van der Waals surface area contributed by atoms with Gasteiger partial charge in [0.15, 0.2) is 0 Å². The molecule has 0 fully saturated rings. The van der Waals surface area contributed by atoms with Crippen LogP contribution in [0.1, 0.15) is 25.3 Å². The van der Waals surface area contributed by atoms with Crippen LogP contribution in [0, 0.1) is 16.0 Å². The smallest absolute Gasteiger partial charge is 0.416 e. The van der Waals surface area contributed by atoms with Crippen LogP contribution < -0.4 is 10.6 Å². The number of nitro groups is 1. The van der Waals surface area contributed by atoms with Crippen molar-refractivity contribution in [1.82, 2.24) is 5.32 Å². The van der Waals surface area contributed by atoms with E-state index in [1.165, 1.54) is 0 Å². The van der Waals surface area contributed by atoms with E-state index in [4.69, 9.17) is 5.11 Å². The molecule has 0 aliphatic rings. The second-order valence-electron chi connectivity index (χ2n) is 5.67. The topological polar surface area (TPSA) is 122 Å². The molecule has 0 spiro atoms. The number of hydrogen-bond acceptors (Lipinski definition) is 5. The Morgan fingerprint density at radius 1 is 1.35 bits per heavy atom. The molecule has 11 heteroatoms. The number of carboxylic acids is 1. The number of halogens is 3. The maximum atomic E-state index is 12.6. The Kier molecular flexibility index (Phi) is 7.35. The Morgan fingerprint density at radius 2 is 2.00 bits per heavy atom. The standard InChI is InChI=1S/C15H18F3N3O5/c1-9(6-14(23)24)8-20-13(22)4-5-19-11-3-2-10(15(16,17)18)7-12(11)21(25)26/h2-3,7,9,19H,4-6,8H2,1H3,(H,20,22)(H,23,24). The van der Waals surface area contributed by atoms with Gasteiger partial charge >= 0.3 is 12.1 Å². The van der Waals surface area contributed by atoms with Gasteiger partial charge in [0.1, 0.15) is 5.69 Å². The molecule has 1 atom stereocenters. The van der Waals surface area contributed by atoms with Crippen LogP contribution in [0.5, 0.6) is 0 Å². The molecule has 1 aromatic rings. The van der Waals surface area contributed by atoms with Gasteiger partial charge in [-0.2, -0.15) is 13.2 Å². The van der Waals surface area contributed by atoms with Gasteiger partial charge in [-0.1, -0.05) is 6.92 Å². The second kappa shape index (κ2) is 9.02. The molecule has 0 radical (unpaired) electrons. The highest BCUT2D eigenvalue weighted by Gasteiger charge is 2.33. The molecule has 1 unspecified atom stereocenters. The minimum Gasteiger partial charge on any atom is -0.481 e. The molecule has 0 bridgehead atoms. The fourth-order valence-electron chi connectivity index (χ4n) is 2.07. The molecule has 0 saturated carbocycles. The van der Waals surface area contributed by atoms with E-state index in [0.29, 0.717) is 12.1 Å². The lowest BCUT2D eigenvalue weighted by Crippen LogP contribution is -2.30. The molecular weight excluding hydrogens is 359 g/mol. The average Bonchev–Trinajstić information content (AvgIpc) is 2.51. The lowest BCUT2D eigenvalue weighted by molar-refractivity contribution is -0.384. The number of alkyl halides is 3. The molecule has 0 aromatic heterocycles. The first-order chi connectivity index (χ1) is 12.0. The maximum Gasteiger partial charge on any atom is 0.416 e. The van der Waals surface area contributed by atoms with E-state index >= 15 is 0 Å². The van der Waals surface area contributed by atoms with Gasteiger partial charge in [0, 0.05) is 32.0 Å². The molecule has 3 N–H and O–H groups in total. The van der Waals surface area contributed by atoms with Crippen molar-refractivity contribution in [1.29, 1.82) is 0 Å². The first-order valence-corrected chi connectivity index (χ1v) is 7.58. The summed E-state index contributed by atoms with van der Waals surface area (Å²) in [4.78, 5) is 32.1. The number of nitrogens with zero attached hydrogens (tertiary/aromatic N) is 1. The third kappa shape index (κ3) is 6.95. The van der Waals surface area contributed by atoms with E-state index in [1.807, 2.05) is 0 Å². The Bertz CT molecular complexity index is 679. The molecule has 1 rings (SSSR count). The van der Waals surface area contributed by atoms with Gasteiger partial charge in [0.2, 0.25) is 5.91 Å². The molecular formula is C15H18F3N3O5. The van der Waals surface area contributed by atoms with Gasteiger partial charge in [-0.25, -0.2) is 0 Å². The minimum atomic E-state index is -4.70. The van der Waals surface area contributed by atoms with E-state index in [2.05, 4.69) is 10.6 Å². The number of carbonyl (C=O) groups is 2. The molecule has 0 saturated heterocycles. The molecule has 1 amide bonds. The summed E-state index contributed by atoms with van der Waals surface area (Å²) in [7, 11) is 0. The van der Waals surface area contributed by atoms with Crippen molar-refractivity contribution in [2.24, 2.45) is 5.92 Å². The fraction of sp³-hybridized carbons (Fsp3) is 0.467. The highest BCUT2D eigenvalue weighted by Crippen LogP contribution is 2.34. The van der Waals surface area contributed by atoms with Crippen molar-refractivity contribution in [3.05, 3.63) is 33.9 Å². The van der Waals surface area contributed by atoms with Crippen LogP contribution >= 0.6 is 0 Å². The molecule has 26 heavy (non-hydrogen) atoms. The number of carbonyl (C=O) groups excluding carboxylic acids is 1. The van der Waals surface area contributed by atoms with E-state index in [1.54, 1.807) is 6.92 Å². The van der Waals surface area contributed by atoms with Crippen LogP contribution in [0.25, 0.3) is 0 Å². The van der Waals surface area contributed by atoms with Crippen LogP contribution in [0.15, 0.2) is 18.2 Å². The normalized spacial score (nSPS) is 12.3. The highest BCUT2D eigenvalue weighted by atomic mass is 19.4. The largest absolute Gasteiger partial charge is 0.481 e. The monoisotopic (exact) mass is 377 g/mol. The summed E-state index contributed by atoms with van der Waals surface area (Å²) in [6.45, 7) is 1.77. The van der Waals surface area contributed by atoms with Crippen LogP contribution in [0.2, 0.25) is 0 Å². The number of nitro benzene ring substituents is 1. The number of rotatable bonds is 9. The van der Waals surface area contributed by atoms with Crippen LogP contribution in [0.3, 0.4) is 0 Å². The lowest BCUT2D eigenvalue weighted by Gasteiger charge is -2.12. The molecule has 144 valence electrons. The fourth-order valence-corrected chi connectivity index (χ4v) is 2.07. The number of nitrogens with one attached hydrogen (secondary N) is 2. The summed E-state index contributed by atoms with van der Waals surface area (Å²) in [6, 6.07) is 2.08. The summed E-state index contributed by atoms with van der Waals surface area (Å²) in [5.41, 5.74) is -2.01. The van der Waals surface area contributed by atoms with E-state index in [9.17, 15) is 32.9 Å². The number of carboxylic acid groups (broad SMARTS) is 1. The van der Waals surface area contributed by atoms with Crippen LogP contribution in [-0.2, 0) is 15.8 Å². The average molecular weight is 377 g/mol. The van der Waals surface area contributed by atoms with E-state index in [0.717, 1.165) is 6.07 Å². The Labute approximate surface area is 146 Å². The molecule has 1 aromatic carbocycles. The number of amides is 1. The van der Waals surface area contributed by atoms with E-state index < -0.39 is 34.2 Å². The Hall–Kier alpha value is -2.85. The van der Waals surface area contributed by atoms with Gasteiger partial charge in [0.05, 0.1) is 10.5 Å². The van der Waals surface area contributed by atoms with E-state index in [-0.39, 0.29) is 37.5 Å². The van der Waals surface area contributed by atoms with Gasteiger partial charge in [0.25, 0.3) is 5.69 Å². The molecule has 8 nitrogen and oxygen atoms in total. The first kappa shape index (κ1) is 21.2. The first-order valence-electron chi connectivity index (χ1n) is 7.58. The summed E-state index contributed by atoms with van der Waals surface area (Å²) in [5, 5.41) is 24.6. The van der Waals surface area contributed by atoms with Gasteiger partial charge in [-0.15, -0.1) is 0 Å². The third-order valence-corrected chi connectivity index (χ3v) is 3.36. The summed E-state index contributed by atoms with van der Waals surface area (Å²) in [6.07, 6.45) is -4.88. The Morgan fingerprint density at radius 3 is 2.54 bits per heavy atom. The second-order valence-corrected chi connectivity index (χ2v) is 5.67. The maximum absolute atomic E-state index is 12.6. The summed E-state index contributed by atoms with van der Waals surface area (Å²) in [5.74, 6) is -1.66.